The molecule has 2 N–H and O–H groups in total. The molecule has 0 aromatic rings. The van der Waals surface area contributed by atoms with E-state index in [-0.39, 0.29) is 0 Å². The molecule has 0 spiro atoms. The van der Waals surface area contributed by atoms with Crippen molar-refractivity contribution in [3.63, 3.8) is 0 Å². The largest absolute Gasteiger partial charge is 0.330 e. The van der Waals surface area contributed by atoms with Crippen molar-refractivity contribution in [2.75, 3.05) is 33.2 Å². The first-order valence-corrected chi connectivity index (χ1v) is 4.95. The molecule has 70 valence electrons. The predicted molar refractivity (Wildman–Crippen MR) is 50.1 cm³/mol. The van der Waals surface area contributed by atoms with Crippen LogP contribution in [0.5, 0.6) is 0 Å². The number of piperazine rings is 1. The molecule has 0 aromatic heterocycles. The van der Waals surface area contributed by atoms with Crippen LogP contribution >= 0.6 is 0 Å². The van der Waals surface area contributed by atoms with Gasteiger partial charge in [-0.25, -0.2) is 0 Å². The molecule has 2 aliphatic heterocycles. The first-order valence-electron chi connectivity index (χ1n) is 4.95. The summed E-state index contributed by atoms with van der Waals surface area (Å²) in [7, 11) is 2.24. The van der Waals surface area contributed by atoms with Crippen LogP contribution < -0.4 is 5.73 Å². The predicted octanol–water partition coefficient (Wildman–Crippen LogP) is -0.276. The third kappa shape index (κ3) is 1.37. The molecule has 12 heavy (non-hydrogen) atoms. The lowest BCUT2D eigenvalue weighted by atomic mass is 10.2. The summed E-state index contributed by atoms with van der Waals surface area (Å²) in [4.78, 5) is 5.10. The minimum atomic E-state index is 0.837. The molecular weight excluding hydrogens is 150 g/mol. The van der Waals surface area contributed by atoms with E-state index in [1.165, 1.54) is 26.1 Å². The van der Waals surface area contributed by atoms with Crippen molar-refractivity contribution in [1.82, 2.24) is 9.80 Å². The zero-order chi connectivity index (χ0) is 8.55. The van der Waals surface area contributed by atoms with Gasteiger partial charge < -0.3 is 10.6 Å². The van der Waals surface area contributed by atoms with Crippen LogP contribution in [0.2, 0.25) is 0 Å². The van der Waals surface area contributed by atoms with Crippen molar-refractivity contribution in [3.05, 3.63) is 0 Å². The Morgan fingerprint density at radius 3 is 2.67 bits per heavy atom. The zero-order valence-electron chi connectivity index (χ0n) is 7.87. The standard InChI is InChI=1S/C9H19N3/c1-11-6-9-5-8(11)7-12(9)4-2-3-10/h8-9H,2-7,10H2,1H3. The van der Waals surface area contributed by atoms with E-state index in [0.29, 0.717) is 0 Å². The van der Waals surface area contributed by atoms with E-state index in [0.717, 1.165) is 25.0 Å². The Morgan fingerprint density at radius 2 is 2.17 bits per heavy atom. The van der Waals surface area contributed by atoms with Crippen LogP contribution in [0.1, 0.15) is 12.8 Å². The summed E-state index contributed by atoms with van der Waals surface area (Å²) in [6, 6.07) is 1.68. The molecule has 0 radical (unpaired) electrons. The molecule has 3 nitrogen and oxygen atoms in total. The molecule has 3 heteroatoms. The van der Waals surface area contributed by atoms with Crippen molar-refractivity contribution in [2.24, 2.45) is 5.73 Å². The first kappa shape index (κ1) is 8.48. The average Bonchev–Trinajstić information content (AvgIpc) is 2.58. The third-order valence-electron chi connectivity index (χ3n) is 3.28. The van der Waals surface area contributed by atoms with Gasteiger partial charge in [-0.1, -0.05) is 0 Å². The lowest BCUT2D eigenvalue weighted by Gasteiger charge is -2.31. The number of likely N-dealkylation sites (N-methyl/N-ethyl adjacent to an activating group) is 1. The second-order valence-corrected chi connectivity index (χ2v) is 4.12. The van der Waals surface area contributed by atoms with E-state index in [1.54, 1.807) is 0 Å². The summed E-state index contributed by atoms with van der Waals surface area (Å²) in [5.74, 6) is 0. The number of rotatable bonds is 3. The van der Waals surface area contributed by atoms with Crippen LogP contribution in [0, 0.1) is 0 Å². The van der Waals surface area contributed by atoms with E-state index in [9.17, 15) is 0 Å². The monoisotopic (exact) mass is 169 g/mol. The van der Waals surface area contributed by atoms with Gasteiger partial charge in [-0.3, -0.25) is 4.90 Å². The van der Waals surface area contributed by atoms with E-state index >= 15 is 0 Å². The van der Waals surface area contributed by atoms with Gasteiger partial charge >= 0.3 is 0 Å². The first-order chi connectivity index (χ1) is 5.81. The maximum atomic E-state index is 5.49. The highest BCUT2D eigenvalue weighted by atomic mass is 15.3. The number of likely N-dealkylation sites (tertiary alicyclic amines) is 2. The quantitative estimate of drug-likeness (QED) is 0.631. The highest BCUT2D eigenvalue weighted by molar-refractivity contribution is 4.98. The van der Waals surface area contributed by atoms with E-state index in [4.69, 9.17) is 5.73 Å². The molecule has 2 fully saturated rings. The molecule has 2 unspecified atom stereocenters. The van der Waals surface area contributed by atoms with E-state index in [2.05, 4.69) is 16.8 Å². The van der Waals surface area contributed by atoms with Gasteiger partial charge in [0, 0.05) is 25.2 Å². The van der Waals surface area contributed by atoms with Gasteiger partial charge in [-0.15, -0.1) is 0 Å². The maximum Gasteiger partial charge on any atom is 0.0239 e. The number of nitrogens with two attached hydrogens (primary N) is 1. The third-order valence-corrected chi connectivity index (χ3v) is 3.28. The van der Waals surface area contributed by atoms with Crippen LogP contribution in [-0.4, -0.2) is 55.1 Å². The van der Waals surface area contributed by atoms with E-state index in [1.807, 2.05) is 0 Å². The molecule has 2 atom stereocenters. The SMILES string of the molecule is CN1CC2CC1CN2CCCN. The van der Waals surface area contributed by atoms with E-state index < -0.39 is 0 Å². The summed E-state index contributed by atoms with van der Waals surface area (Å²) in [5, 5.41) is 0. The van der Waals surface area contributed by atoms with Gasteiger partial charge in [0.2, 0.25) is 0 Å². The number of nitrogens with zero attached hydrogens (tertiary/aromatic N) is 2. The molecule has 0 aromatic carbocycles. The topological polar surface area (TPSA) is 32.5 Å². The summed E-state index contributed by atoms with van der Waals surface area (Å²) in [6.45, 7) is 4.60. The highest BCUT2D eigenvalue weighted by Crippen LogP contribution is 2.28. The molecule has 2 aliphatic rings. The highest BCUT2D eigenvalue weighted by Gasteiger charge is 2.40. The Kier molecular flexibility index (Phi) is 2.35. The molecule has 2 saturated heterocycles. The summed E-state index contributed by atoms with van der Waals surface area (Å²) < 4.78 is 0. The fourth-order valence-electron chi connectivity index (χ4n) is 2.52. The van der Waals surface area contributed by atoms with Crippen molar-refractivity contribution < 1.29 is 0 Å². The summed E-state index contributed by atoms with van der Waals surface area (Å²) in [5.41, 5.74) is 5.49. The van der Waals surface area contributed by atoms with Gasteiger partial charge in [0.25, 0.3) is 0 Å². The fourth-order valence-corrected chi connectivity index (χ4v) is 2.52. The van der Waals surface area contributed by atoms with Crippen LogP contribution in [-0.2, 0) is 0 Å². The Balaban J connectivity index is 1.82. The van der Waals surface area contributed by atoms with Crippen LogP contribution in [0.4, 0.5) is 0 Å². The lowest BCUT2D eigenvalue weighted by molar-refractivity contribution is 0.149. The molecule has 2 heterocycles. The molecule has 0 aliphatic carbocycles. The normalized spacial score (nSPS) is 36.5. The molecular formula is C9H19N3. The molecule has 0 amide bonds. The van der Waals surface area contributed by atoms with Gasteiger partial charge in [-0.05, 0) is 33.0 Å². The van der Waals surface area contributed by atoms with Gasteiger partial charge in [0.1, 0.15) is 0 Å². The Hall–Kier alpha value is -0.120. The molecule has 2 bridgehead atoms. The average molecular weight is 169 g/mol. The van der Waals surface area contributed by atoms with Gasteiger partial charge in [0.15, 0.2) is 0 Å². The number of hydrogen-bond acceptors (Lipinski definition) is 3. The van der Waals surface area contributed by atoms with Crippen molar-refractivity contribution >= 4 is 0 Å². The number of fused-ring (bicyclic) bond motifs is 2. The van der Waals surface area contributed by atoms with Crippen molar-refractivity contribution in [3.8, 4) is 0 Å². The summed E-state index contributed by atoms with van der Waals surface area (Å²) >= 11 is 0. The molecule has 2 rings (SSSR count). The van der Waals surface area contributed by atoms with Crippen molar-refractivity contribution in [1.29, 1.82) is 0 Å². The lowest BCUT2D eigenvalue weighted by Crippen LogP contribution is -2.45. The number of hydrogen-bond donors (Lipinski definition) is 1. The smallest absolute Gasteiger partial charge is 0.0239 e. The second kappa shape index (κ2) is 3.32. The van der Waals surface area contributed by atoms with Crippen LogP contribution in [0.25, 0.3) is 0 Å². The second-order valence-electron chi connectivity index (χ2n) is 4.12. The Morgan fingerprint density at radius 1 is 1.33 bits per heavy atom. The molecule has 0 saturated carbocycles. The minimum Gasteiger partial charge on any atom is -0.330 e. The Bertz CT molecular complexity index is 158. The van der Waals surface area contributed by atoms with Crippen LogP contribution in [0.3, 0.4) is 0 Å². The fraction of sp³-hybridized carbons (Fsp3) is 1.00. The van der Waals surface area contributed by atoms with Crippen LogP contribution in [0.15, 0.2) is 0 Å². The minimum absolute atomic E-state index is 0.837. The van der Waals surface area contributed by atoms with Gasteiger partial charge in [-0.2, -0.15) is 0 Å². The Labute approximate surface area is 74.5 Å². The maximum absolute atomic E-state index is 5.49. The van der Waals surface area contributed by atoms with Crippen molar-refractivity contribution in [2.45, 2.75) is 24.9 Å². The summed E-state index contributed by atoms with van der Waals surface area (Å²) in [6.07, 6.45) is 2.55. The zero-order valence-corrected chi connectivity index (χ0v) is 7.87. The van der Waals surface area contributed by atoms with Gasteiger partial charge in [0.05, 0.1) is 0 Å².